The van der Waals surface area contributed by atoms with Gasteiger partial charge in [-0.25, -0.2) is 0 Å². The molecule has 1 aromatic carbocycles. The van der Waals surface area contributed by atoms with Crippen LogP contribution in [0.25, 0.3) is 0 Å². The minimum absolute atomic E-state index is 0.319. The predicted octanol–water partition coefficient (Wildman–Crippen LogP) is 3.14. The molecule has 3 heteroatoms. The Morgan fingerprint density at radius 2 is 2.00 bits per heavy atom. The van der Waals surface area contributed by atoms with Crippen LogP contribution >= 0.6 is 0 Å². The highest BCUT2D eigenvalue weighted by atomic mass is 16.5. The molecule has 0 spiro atoms. The van der Waals surface area contributed by atoms with Gasteiger partial charge in [-0.15, -0.1) is 0 Å². The third kappa shape index (κ3) is 4.22. The fourth-order valence-corrected chi connectivity index (χ4v) is 2.76. The Labute approximate surface area is 123 Å². The summed E-state index contributed by atoms with van der Waals surface area (Å²) in [6.07, 6.45) is 4.07. The molecule has 1 fully saturated rings. The summed E-state index contributed by atoms with van der Waals surface area (Å²) in [5.74, 6) is 1.02. The highest BCUT2D eigenvalue weighted by Gasteiger charge is 2.12. The largest absolute Gasteiger partial charge is 0.492 e. The van der Waals surface area contributed by atoms with Gasteiger partial charge in [0.2, 0.25) is 0 Å². The molecule has 0 amide bonds. The van der Waals surface area contributed by atoms with Crippen molar-refractivity contribution in [2.45, 2.75) is 39.2 Å². The maximum Gasteiger partial charge on any atom is 0.124 e. The second kappa shape index (κ2) is 7.65. The van der Waals surface area contributed by atoms with E-state index in [2.05, 4.69) is 42.3 Å². The molecule has 112 valence electrons. The predicted molar refractivity (Wildman–Crippen MR) is 84.4 cm³/mol. The minimum atomic E-state index is 0.319. The molecule has 0 aromatic heterocycles. The third-order valence-electron chi connectivity index (χ3n) is 4.18. The quantitative estimate of drug-likeness (QED) is 0.864. The van der Waals surface area contributed by atoms with Crippen LogP contribution in [0.5, 0.6) is 5.75 Å². The molecule has 0 bridgehead atoms. The Balaban J connectivity index is 1.91. The smallest absolute Gasteiger partial charge is 0.124 e. The fraction of sp³-hybridized carbons (Fsp3) is 0.647. The van der Waals surface area contributed by atoms with E-state index in [-0.39, 0.29) is 0 Å². The fourth-order valence-electron chi connectivity index (χ4n) is 2.76. The molecule has 1 saturated heterocycles. The molecule has 0 aliphatic carbocycles. The molecule has 1 heterocycles. The molecule has 0 saturated carbocycles. The summed E-state index contributed by atoms with van der Waals surface area (Å²) >= 11 is 0. The molecule has 1 aliphatic rings. The molecule has 3 nitrogen and oxygen atoms in total. The summed E-state index contributed by atoms with van der Waals surface area (Å²) in [5.41, 5.74) is 2.54. The number of hydrogen-bond donors (Lipinski definition) is 1. The summed E-state index contributed by atoms with van der Waals surface area (Å²) in [7, 11) is 1.99. The summed E-state index contributed by atoms with van der Waals surface area (Å²) < 4.78 is 6.04. The van der Waals surface area contributed by atoms with Crippen molar-refractivity contribution in [3.05, 3.63) is 29.3 Å². The number of aryl methyl sites for hydroxylation is 1. The Morgan fingerprint density at radius 3 is 2.70 bits per heavy atom. The molecule has 0 radical (unpaired) electrons. The van der Waals surface area contributed by atoms with Crippen molar-refractivity contribution >= 4 is 0 Å². The minimum Gasteiger partial charge on any atom is -0.492 e. The van der Waals surface area contributed by atoms with Crippen molar-refractivity contribution in [3.63, 3.8) is 0 Å². The number of hydrogen-bond acceptors (Lipinski definition) is 3. The maximum absolute atomic E-state index is 6.04. The number of nitrogens with zero attached hydrogens (tertiary/aromatic N) is 1. The van der Waals surface area contributed by atoms with Gasteiger partial charge in [-0.1, -0.05) is 24.1 Å². The van der Waals surface area contributed by atoms with Crippen molar-refractivity contribution < 1.29 is 4.74 Å². The van der Waals surface area contributed by atoms with Crippen LogP contribution in [0.3, 0.4) is 0 Å². The van der Waals surface area contributed by atoms with Crippen LogP contribution in [0.15, 0.2) is 18.2 Å². The van der Waals surface area contributed by atoms with Crippen LogP contribution in [0.4, 0.5) is 0 Å². The zero-order chi connectivity index (χ0) is 14.4. The van der Waals surface area contributed by atoms with Crippen LogP contribution in [0.2, 0.25) is 0 Å². The van der Waals surface area contributed by atoms with Crippen LogP contribution in [0.1, 0.15) is 43.4 Å². The number of benzene rings is 1. The van der Waals surface area contributed by atoms with Gasteiger partial charge in [-0.2, -0.15) is 0 Å². The Morgan fingerprint density at radius 1 is 1.25 bits per heavy atom. The molecular weight excluding hydrogens is 248 g/mol. The lowest BCUT2D eigenvalue weighted by molar-refractivity contribution is 0.182. The van der Waals surface area contributed by atoms with E-state index in [4.69, 9.17) is 4.74 Å². The summed E-state index contributed by atoms with van der Waals surface area (Å²) in [4.78, 5) is 2.51. The van der Waals surface area contributed by atoms with Gasteiger partial charge in [0.15, 0.2) is 0 Å². The molecule has 1 unspecified atom stereocenters. The first kappa shape index (κ1) is 15.3. The average molecular weight is 276 g/mol. The van der Waals surface area contributed by atoms with Crippen LogP contribution in [0, 0.1) is 6.92 Å². The van der Waals surface area contributed by atoms with E-state index in [9.17, 15) is 0 Å². The lowest BCUT2D eigenvalue weighted by Gasteiger charge is -2.26. The zero-order valence-electron chi connectivity index (χ0n) is 13.1. The van der Waals surface area contributed by atoms with Crippen molar-refractivity contribution in [1.29, 1.82) is 0 Å². The van der Waals surface area contributed by atoms with Gasteiger partial charge in [0.25, 0.3) is 0 Å². The third-order valence-corrected chi connectivity index (χ3v) is 4.18. The molecule has 1 N–H and O–H groups in total. The van der Waals surface area contributed by atoms with Gasteiger partial charge in [0, 0.05) is 18.2 Å². The van der Waals surface area contributed by atoms with Crippen molar-refractivity contribution in [2.24, 2.45) is 0 Å². The monoisotopic (exact) mass is 276 g/mol. The first-order valence-electron chi connectivity index (χ1n) is 7.83. The first-order chi connectivity index (χ1) is 9.70. The molecule has 1 atom stereocenters. The van der Waals surface area contributed by atoms with Crippen molar-refractivity contribution in [1.82, 2.24) is 10.2 Å². The average Bonchev–Trinajstić information content (AvgIpc) is 2.49. The van der Waals surface area contributed by atoms with Crippen LogP contribution in [-0.2, 0) is 0 Å². The summed E-state index contributed by atoms with van der Waals surface area (Å²) in [6.45, 7) is 8.59. The lowest BCUT2D eigenvalue weighted by Crippen LogP contribution is -2.33. The van der Waals surface area contributed by atoms with Crippen molar-refractivity contribution in [3.8, 4) is 5.75 Å². The van der Waals surface area contributed by atoms with Gasteiger partial charge in [0.1, 0.15) is 12.4 Å². The van der Waals surface area contributed by atoms with Crippen molar-refractivity contribution in [2.75, 3.05) is 33.3 Å². The van der Waals surface area contributed by atoms with E-state index in [1.165, 1.54) is 43.5 Å². The van der Waals surface area contributed by atoms with E-state index < -0.39 is 0 Å². The van der Waals surface area contributed by atoms with Gasteiger partial charge in [-0.05, 0) is 52.9 Å². The Hall–Kier alpha value is -1.06. The second-order valence-corrected chi connectivity index (χ2v) is 5.80. The number of piperidine rings is 1. The molecule has 1 aromatic rings. The highest BCUT2D eigenvalue weighted by Crippen LogP contribution is 2.26. The molecule has 20 heavy (non-hydrogen) atoms. The topological polar surface area (TPSA) is 24.5 Å². The SMILES string of the molecule is CNC(C)c1cc(C)ccc1OCCN1CCCCC1. The van der Waals surface area contributed by atoms with E-state index in [1.54, 1.807) is 0 Å². The number of ether oxygens (including phenoxy) is 1. The molecule has 2 rings (SSSR count). The summed E-state index contributed by atoms with van der Waals surface area (Å²) in [5, 5.41) is 3.30. The van der Waals surface area contributed by atoms with Gasteiger partial charge in [-0.3, -0.25) is 4.90 Å². The molecular formula is C17H28N2O. The first-order valence-corrected chi connectivity index (χ1v) is 7.83. The standard InChI is InChI=1S/C17H28N2O/c1-14-7-8-17(16(13-14)15(2)18-3)20-12-11-19-9-5-4-6-10-19/h7-8,13,15,18H,4-6,9-12H2,1-3H3. The lowest BCUT2D eigenvalue weighted by atomic mass is 10.0. The maximum atomic E-state index is 6.04. The number of nitrogens with one attached hydrogen (secondary N) is 1. The normalized spacial score (nSPS) is 17.9. The zero-order valence-corrected chi connectivity index (χ0v) is 13.1. The Bertz CT molecular complexity index is 413. The van der Waals surface area contributed by atoms with Crippen LogP contribution < -0.4 is 10.1 Å². The van der Waals surface area contributed by atoms with Gasteiger partial charge >= 0.3 is 0 Å². The van der Waals surface area contributed by atoms with E-state index in [0.717, 1.165) is 18.9 Å². The summed E-state index contributed by atoms with van der Waals surface area (Å²) in [6, 6.07) is 6.77. The second-order valence-electron chi connectivity index (χ2n) is 5.80. The van der Waals surface area contributed by atoms with E-state index >= 15 is 0 Å². The highest BCUT2D eigenvalue weighted by molar-refractivity contribution is 5.38. The van der Waals surface area contributed by atoms with E-state index in [1.807, 2.05) is 7.05 Å². The number of rotatable bonds is 6. The van der Waals surface area contributed by atoms with Gasteiger partial charge in [0.05, 0.1) is 0 Å². The Kier molecular flexibility index (Phi) is 5.86. The molecule has 1 aliphatic heterocycles. The number of likely N-dealkylation sites (tertiary alicyclic amines) is 1. The van der Waals surface area contributed by atoms with E-state index in [0.29, 0.717) is 6.04 Å². The van der Waals surface area contributed by atoms with Crippen LogP contribution in [-0.4, -0.2) is 38.2 Å². The van der Waals surface area contributed by atoms with Gasteiger partial charge < -0.3 is 10.1 Å².